The molecule has 0 radical (unpaired) electrons. The molecule has 1 unspecified atom stereocenters. The highest BCUT2D eigenvalue weighted by Crippen LogP contribution is 2.33. The van der Waals surface area contributed by atoms with Gasteiger partial charge in [-0.15, -0.1) is 0 Å². The lowest BCUT2D eigenvalue weighted by molar-refractivity contribution is -0.154. The van der Waals surface area contributed by atoms with Crippen LogP contribution in [-0.2, 0) is 0 Å². The normalized spacial score (nSPS) is 13.4. The quantitative estimate of drug-likeness (QED) is 0.877. The second-order valence-electron chi connectivity index (χ2n) is 3.87. The molecule has 0 saturated carbocycles. The van der Waals surface area contributed by atoms with E-state index in [2.05, 4.69) is 15.9 Å². The average Bonchev–Trinajstić information content (AvgIpc) is 2.25. The summed E-state index contributed by atoms with van der Waals surface area (Å²) >= 11 is 3.21. The SMILES string of the molecule is CCCOc1ccc(C(O)CC(F)(F)F)cc1Br. The molecule has 0 aliphatic rings. The van der Waals surface area contributed by atoms with Gasteiger partial charge in [0.15, 0.2) is 0 Å². The van der Waals surface area contributed by atoms with Gasteiger partial charge < -0.3 is 9.84 Å². The lowest BCUT2D eigenvalue weighted by atomic mass is 10.1. The zero-order valence-corrected chi connectivity index (χ0v) is 11.4. The largest absolute Gasteiger partial charge is 0.492 e. The van der Waals surface area contributed by atoms with Crippen LogP contribution in [-0.4, -0.2) is 17.9 Å². The molecule has 0 aromatic heterocycles. The Morgan fingerprint density at radius 1 is 1.39 bits per heavy atom. The maximum absolute atomic E-state index is 12.1. The molecule has 0 heterocycles. The third kappa shape index (κ3) is 4.86. The summed E-state index contributed by atoms with van der Waals surface area (Å²) in [6.07, 6.45) is -6.36. The summed E-state index contributed by atoms with van der Waals surface area (Å²) in [7, 11) is 0. The van der Waals surface area contributed by atoms with E-state index in [-0.39, 0.29) is 5.56 Å². The van der Waals surface area contributed by atoms with E-state index in [0.29, 0.717) is 16.8 Å². The van der Waals surface area contributed by atoms with E-state index in [1.54, 1.807) is 6.07 Å². The van der Waals surface area contributed by atoms with E-state index < -0.39 is 18.7 Å². The molecule has 102 valence electrons. The zero-order chi connectivity index (χ0) is 13.8. The first-order valence-corrected chi connectivity index (χ1v) is 6.30. The van der Waals surface area contributed by atoms with Crippen molar-refractivity contribution in [2.45, 2.75) is 32.0 Å². The minimum absolute atomic E-state index is 0.211. The monoisotopic (exact) mass is 326 g/mol. The zero-order valence-electron chi connectivity index (χ0n) is 9.80. The van der Waals surface area contributed by atoms with Crippen LogP contribution in [0.3, 0.4) is 0 Å². The van der Waals surface area contributed by atoms with Gasteiger partial charge in [0.1, 0.15) is 5.75 Å². The van der Waals surface area contributed by atoms with Crippen LogP contribution in [0.2, 0.25) is 0 Å². The van der Waals surface area contributed by atoms with Crippen molar-refractivity contribution < 1.29 is 23.0 Å². The van der Waals surface area contributed by atoms with Crippen molar-refractivity contribution in [3.05, 3.63) is 28.2 Å². The van der Waals surface area contributed by atoms with Crippen molar-refractivity contribution in [1.29, 1.82) is 0 Å². The fourth-order valence-corrected chi connectivity index (χ4v) is 1.90. The van der Waals surface area contributed by atoms with Gasteiger partial charge in [-0.25, -0.2) is 0 Å². The average molecular weight is 327 g/mol. The minimum atomic E-state index is -4.39. The molecule has 0 aliphatic heterocycles. The molecule has 0 fully saturated rings. The Balaban J connectivity index is 2.77. The first-order valence-electron chi connectivity index (χ1n) is 5.50. The van der Waals surface area contributed by atoms with Gasteiger partial charge in [0.25, 0.3) is 0 Å². The number of benzene rings is 1. The van der Waals surface area contributed by atoms with Crippen LogP contribution in [0.4, 0.5) is 13.2 Å². The summed E-state index contributed by atoms with van der Waals surface area (Å²) in [5.41, 5.74) is 0.211. The molecular formula is C12H14BrF3O2. The molecule has 0 spiro atoms. The van der Waals surface area contributed by atoms with Gasteiger partial charge in [0.2, 0.25) is 0 Å². The Labute approximate surface area is 112 Å². The van der Waals surface area contributed by atoms with Crippen LogP contribution in [0.5, 0.6) is 5.75 Å². The van der Waals surface area contributed by atoms with Crippen molar-refractivity contribution in [2.24, 2.45) is 0 Å². The molecule has 0 amide bonds. The molecule has 1 rings (SSSR count). The molecule has 0 aliphatic carbocycles. The summed E-state index contributed by atoms with van der Waals surface area (Å²) in [5.74, 6) is 0.555. The second-order valence-corrected chi connectivity index (χ2v) is 4.73. The third-order valence-electron chi connectivity index (χ3n) is 2.23. The van der Waals surface area contributed by atoms with Gasteiger partial charge in [-0.2, -0.15) is 13.2 Å². The molecule has 1 aromatic rings. The Hall–Kier alpha value is -0.750. The summed E-state index contributed by atoms with van der Waals surface area (Å²) in [4.78, 5) is 0. The highest BCUT2D eigenvalue weighted by Gasteiger charge is 2.31. The van der Waals surface area contributed by atoms with Crippen molar-refractivity contribution in [3.8, 4) is 5.75 Å². The van der Waals surface area contributed by atoms with Gasteiger partial charge in [-0.1, -0.05) is 13.0 Å². The van der Waals surface area contributed by atoms with Crippen molar-refractivity contribution in [2.75, 3.05) is 6.61 Å². The summed E-state index contributed by atoms with van der Waals surface area (Å²) in [6, 6.07) is 4.43. The Kier molecular flexibility index (Phi) is 5.47. The van der Waals surface area contributed by atoms with Crippen molar-refractivity contribution >= 4 is 15.9 Å². The number of aliphatic hydroxyl groups is 1. The van der Waals surface area contributed by atoms with Gasteiger partial charge in [0.05, 0.1) is 23.6 Å². The fourth-order valence-electron chi connectivity index (χ4n) is 1.39. The lowest BCUT2D eigenvalue weighted by Gasteiger charge is -2.15. The van der Waals surface area contributed by atoms with E-state index in [9.17, 15) is 18.3 Å². The van der Waals surface area contributed by atoms with Crippen LogP contribution >= 0.6 is 15.9 Å². The smallest absolute Gasteiger partial charge is 0.391 e. The van der Waals surface area contributed by atoms with Crippen molar-refractivity contribution in [3.63, 3.8) is 0 Å². The molecule has 1 N–H and O–H groups in total. The van der Waals surface area contributed by atoms with Crippen LogP contribution in [0, 0.1) is 0 Å². The van der Waals surface area contributed by atoms with Crippen LogP contribution < -0.4 is 4.74 Å². The molecule has 0 saturated heterocycles. The van der Waals surface area contributed by atoms with E-state index in [1.165, 1.54) is 12.1 Å². The first-order chi connectivity index (χ1) is 8.33. The van der Waals surface area contributed by atoms with Gasteiger partial charge in [0, 0.05) is 0 Å². The molecule has 18 heavy (non-hydrogen) atoms. The van der Waals surface area contributed by atoms with Gasteiger partial charge in [-0.05, 0) is 40.0 Å². The predicted octanol–water partition coefficient (Wildman–Crippen LogP) is 4.22. The number of hydrogen-bond donors (Lipinski definition) is 1. The van der Waals surface area contributed by atoms with E-state index >= 15 is 0 Å². The van der Waals surface area contributed by atoms with E-state index in [0.717, 1.165) is 6.42 Å². The van der Waals surface area contributed by atoms with Gasteiger partial charge in [-0.3, -0.25) is 0 Å². The summed E-state index contributed by atoms with van der Waals surface area (Å²) < 4.78 is 42.3. The number of alkyl halides is 3. The number of hydrogen-bond acceptors (Lipinski definition) is 2. The van der Waals surface area contributed by atoms with Crippen LogP contribution in [0.25, 0.3) is 0 Å². The lowest BCUT2D eigenvalue weighted by Crippen LogP contribution is -2.13. The molecule has 6 heteroatoms. The Bertz CT molecular complexity index is 393. The standard InChI is InChI=1S/C12H14BrF3O2/c1-2-5-18-11-4-3-8(6-9(11)13)10(17)7-12(14,15)16/h3-4,6,10,17H,2,5,7H2,1H3. The predicted molar refractivity (Wildman–Crippen MR) is 65.6 cm³/mol. The molecule has 0 bridgehead atoms. The molecule has 2 nitrogen and oxygen atoms in total. The maximum atomic E-state index is 12.1. The molecular weight excluding hydrogens is 313 g/mol. The highest BCUT2D eigenvalue weighted by molar-refractivity contribution is 9.10. The number of aliphatic hydroxyl groups excluding tert-OH is 1. The Morgan fingerprint density at radius 2 is 2.06 bits per heavy atom. The maximum Gasteiger partial charge on any atom is 0.391 e. The topological polar surface area (TPSA) is 29.5 Å². The summed E-state index contributed by atoms with van der Waals surface area (Å²) in [5, 5.41) is 9.47. The minimum Gasteiger partial charge on any atom is -0.492 e. The third-order valence-corrected chi connectivity index (χ3v) is 2.85. The second kappa shape index (κ2) is 6.43. The van der Waals surface area contributed by atoms with Crippen LogP contribution in [0.15, 0.2) is 22.7 Å². The van der Waals surface area contributed by atoms with Crippen molar-refractivity contribution in [1.82, 2.24) is 0 Å². The number of halogens is 4. The molecule has 1 atom stereocenters. The fraction of sp³-hybridized carbons (Fsp3) is 0.500. The molecule has 1 aromatic carbocycles. The first kappa shape index (κ1) is 15.3. The number of ether oxygens (including phenoxy) is 1. The number of rotatable bonds is 5. The summed E-state index contributed by atoms with van der Waals surface area (Å²) in [6.45, 7) is 2.48. The Morgan fingerprint density at radius 3 is 2.56 bits per heavy atom. The highest BCUT2D eigenvalue weighted by atomic mass is 79.9. The van der Waals surface area contributed by atoms with Crippen LogP contribution in [0.1, 0.15) is 31.4 Å². The van der Waals surface area contributed by atoms with E-state index in [1.807, 2.05) is 6.92 Å². The van der Waals surface area contributed by atoms with E-state index in [4.69, 9.17) is 4.74 Å². The van der Waals surface area contributed by atoms with Gasteiger partial charge >= 0.3 is 6.18 Å².